The minimum absolute atomic E-state index is 0.0470. The van der Waals surface area contributed by atoms with Crippen molar-refractivity contribution in [2.75, 3.05) is 5.75 Å². The second kappa shape index (κ2) is 11.4. The van der Waals surface area contributed by atoms with Crippen molar-refractivity contribution in [3.05, 3.63) is 35.9 Å². The van der Waals surface area contributed by atoms with E-state index in [0.29, 0.717) is 12.2 Å². The maximum atomic E-state index is 11.7. The van der Waals surface area contributed by atoms with Crippen LogP contribution in [0.5, 0.6) is 0 Å². The van der Waals surface area contributed by atoms with Crippen LogP contribution < -0.4 is 5.32 Å². The number of nitrogens with one attached hydrogen (secondary N) is 1. The highest BCUT2D eigenvalue weighted by molar-refractivity contribution is 8.00. The van der Waals surface area contributed by atoms with Gasteiger partial charge in [-0.05, 0) is 24.2 Å². The summed E-state index contributed by atoms with van der Waals surface area (Å²) in [5.41, 5.74) is 0.795. The number of carboxylic acids is 2. The molecular weight excluding hydrogens is 346 g/mol. The van der Waals surface area contributed by atoms with E-state index in [1.165, 1.54) is 11.8 Å². The number of amides is 1. The second-order valence-electron chi connectivity index (χ2n) is 5.37. The quantitative estimate of drug-likeness (QED) is 0.549. The van der Waals surface area contributed by atoms with Gasteiger partial charge < -0.3 is 20.3 Å². The third-order valence-electron chi connectivity index (χ3n) is 3.35. The molecule has 0 aromatic heterocycles. The van der Waals surface area contributed by atoms with Crippen LogP contribution in [0, 0.1) is 0 Å². The lowest BCUT2D eigenvalue weighted by Crippen LogP contribution is -2.41. The van der Waals surface area contributed by atoms with Gasteiger partial charge in [0.25, 0.3) is 0 Å². The molecule has 0 aliphatic carbocycles. The molecule has 2 atom stereocenters. The molecule has 0 aliphatic heterocycles. The molecule has 0 aliphatic rings. The average molecular weight is 369 g/mol. The Hall–Kier alpha value is -2.22. The summed E-state index contributed by atoms with van der Waals surface area (Å²) in [6.45, 7) is 1.94. The van der Waals surface area contributed by atoms with Crippen LogP contribution in [0.1, 0.15) is 31.7 Å². The maximum absolute atomic E-state index is 11.7. The first-order valence-corrected chi connectivity index (χ1v) is 9.03. The van der Waals surface area contributed by atoms with Crippen molar-refractivity contribution in [2.24, 2.45) is 0 Å². The van der Waals surface area contributed by atoms with E-state index >= 15 is 0 Å². The van der Waals surface area contributed by atoms with Gasteiger partial charge >= 0.3 is 18.0 Å². The molecule has 0 bridgehead atoms. The molecule has 0 saturated carbocycles. The minimum Gasteiger partial charge on any atom is -0.480 e. The Labute approximate surface area is 150 Å². The van der Waals surface area contributed by atoms with E-state index in [4.69, 9.17) is 9.84 Å². The van der Waals surface area contributed by atoms with Crippen LogP contribution in [0.15, 0.2) is 30.3 Å². The van der Waals surface area contributed by atoms with Gasteiger partial charge in [0.2, 0.25) is 0 Å². The summed E-state index contributed by atoms with van der Waals surface area (Å²) >= 11 is 1.18. The predicted molar refractivity (Wildman–Crippen MR) is 94.6 cm³/mol. The van der Waals surface area contributed by atoms with Gasteiger partial charge in [-0.3, -0.25) is 4.79 Å². The Kier molecular flexibility index (Phi) is 9.46. The normalized spacial score (nSPS) is 12.8. The largest absolute Gasteiger partial charge is 0.480 e. The molecule has 25 heavy (non-hydrogen) atoms. The number of carbonyl (C=O) groups is 3. The topological polar surface area (TPSA) is 113 Å². The van der Waals surface area contributed by atoms with Crippen LogP contribution >= 0.6 is 11.8 Å². The molecule has 1 rings (SSSR count). The first-order chi connectivity index (χ1) is 11.9. The molecule has 7 nitrogen and oxygen atoms in total. The molecule has 138 valence electrons. The molecule has 0 fully saturated rings. The molecular formula is C17H23NO6S. The third-order valence-corrected chi connectivity index (χ3v) is 4.67. The maximum Gasteiger partial charge on any atom is 0.408 e. The fraction of sp³-hybridized carbons (Fsp3) is 0.471. The Morgan fingerprint density at radius 2 is 1.80 bits per heavy atom. The van der Waals surface area contributed by atoms with Crippen LogP contribution in [0.4, 0.5) is 4.79 Å². The van der Waals surface area contributed by atoms with Crippen molar-refractivity contribution < 1.29 is 29.3 Å². The number of rotatable bonds is 11. The minimum atomic E-state index is -1.18. The highest BCUT2D eigenvalue weighted by atomic mass is 32.2. The Balaban J connectivity index is 2.41. The van der Waals surface area contributed by atoms with Crippen molar-refractivity contribution in [3.8, 4) is 0 Å². The number of ether oxygens (including phenoxy) is 1. The number of aliphatic carboxylic acids is 2. The molecule has 0 saturated heterocycles. The highest BCUT2D eigenvalue weighted by Crippen LogP contribution is 2.18. The average Bonchev–Trinajstić information content (AvgIpc) is 2.58. The van der Waals surface area contributed by atoms with E-state index in [-0.39, 0.29) is 13.0 Å². The summed E-state index contributed by atoms with van der Waals surface area (Å²) in [4.78, 5) is 34.1. The molecule has 0 heterocycles. The fourth-order valence-corrected chi connectivity index (χ4v) is 3.23. The van der Waals surface area contributed by atoms with E-state index in [2.05, 4.69) is 5.32 Å². The summed E-state index contributed by atoms with van der Waals surface area (Å²) in [5, 5.41) is 20.0. The Morgan fingerprint density at radius 3 is 2.36 bits per heavy atom. The Morgan fingerprint density at radius 1 is 1.12 bits per heavy atom. The van der Waals surface area contributed by atoms with E-state index in [0.717, 1.165) is 12.0 Å². The van der Waals surface area contributed by atoms with Crippen molar-refractivity contribution in [2.45, 2.75) is 44.1 Å². The standard InChI is InChI=1S/C17H23NO6S/c1-2-6-14(16(21)22)25-10-9-13(15(19)20)18-17(23)24-11-12-7-4-3-5-8-12/h3-5,7-8,13-14H,2,6,9-11H2,1H3,(H,18,23)(H,19,20)(H,21,22). The van der Waals surface area contributed by atoms with E-state index in [9.17, 15) is 19.5 Å². The van der Waals surface area contributed by atoms with Gasteiger partial charge in [-0.15, -0.1) is 11.8 Å². The second-order valence-corrected chi connectivity index (χ2v) is 6.68. The monoisotopic (exact) mass is 369 g/mol. The molecule has 8 heteroatoms. The SMILES string of the molecule is CCCC(SCCC(NC(=O)OCc1ccccc1)C(=O)O)C(=O)O. The molecule has 0 spiro atoms. The van der Waals surface area contributed by atoms with Gasteiger partial charge in [0.05, 0.1) is 0 Å². The number of carboxylic acid groups (broad SMARTS) is 2. The summed E-state index contributed by atoms with van der Waals surface area (Å²) in [5.74, 6) is -1.78. The number of thioether (sulfide) groups is 1. The number of alkyl carbamates (subject to hydrolysis) is 1. The van der Waals surface area contributed by atoms with Crippen molar-refractivity contribution in [1.29, 1.82) is 0 Å². The highest BCUT2D eigenvalue weighted by Gasteiger charge is 2.23. The van der Waals surface area contributed by atoms with Crippen molar-refractivity contribution >= 4 is 29.8 Å². The van der Waals surface area contributed by atoms with Crippen LogP contribution in [0.3, 0.4) is 0 Å². The third kappa shape index (κ3) is 8.44. The van der Waals surface area contributed by atoms with Crippen LogP contribution in [0.25, 0.3) is 0 Å². The van der Waals surface area contributed by atoms with Crippen molar-refractivity contribution in [1.82, 2.24) is 5.32 Å². The number of carbonyl (C=O) groups excluding carboxylic acids is 1. The number of benzene rings is 1. The zero-order chi connectivity index (χ0) is 18.7. The van der Waals surface area contributed by atoms with E-state index in [1.54, 1.807) is 12.1 Å². The molecule has 2 unspecified atom stereocenters. The van der Waals surface area contributed by atoms with Crippen LogP contribution in [-0.2, 0) is 20.9 Å². The van der Waals surface area contributed by atoms with Gasteiger partial charge in [0.15, 0.2) is 0 Å². The summed E-state index contributed by atoms with van der Waals surface area (Å²) < 4.78 is 5.00. The van der Waals surface area contributed by atoms with Crippen LogP contribution in [0.2, 0.25) is 0 Å². The number of hydrogen-bond acceptors (Lipinski definition) is 5. The summed E-state index contributed by atoms with van der Waals surface area (Å²) in [6.07, 6.45) is 0.554. The van der Waals surface area contributed by atoms with Gasteiger partial charge in [0, 0.05) is 0 Å². The smallest absolute Gasteiger partial charge is 0.408 e. The lowest BCUT2D eigenvalue weighted by molar-refractivity contribution is -0.139. The fourth-order valence-electron chi connectivity index (χ4n) is 2.03. The first-order valence-electron chi connectivity index (χ1n) is 7.98. The van der Waals surface area contributed by atoms with Crippen molar-refractivity contribution in [3.63, 3.8) is 0 Å². The summed E-state index contributed by atoms with van der Waals surface area (Å²) in [6, 6.07) is 7.92. The molecule has 1 amide bonds. The molecule has 1 aromatic rings. The summed E-state index contributed by atoms with van der Waals surface area (Å²) in [7, 11) is 0. The van der Waals surface area contributed by atoms with Gasteiger partial charge in [0.1, 0.15) is 17.9 Å². The lowest BCUT2D eigenvalue weighted by atomic mass is 10.2. The lowest BCUT2D eigenvalue weighted by Gasteiger charge is -2.16. The first kappa shape index (κ1) is 20.8. The zero-order valence-corrected chi connectivity index (χ0v) is 14.8. The van der Waals surface area contributed by atoms with Gasteiger partial charge in [-0.25, -0.2) is 9.59 Å². The van der Waals surface area contributed by atoms with Gasteiger partial charge in [-0.1, -0.05) is 43.7 Å². The Bertz CT molecular complexity index is 566. The van der Waals surface area contributed by atoms with Gasteiger partial charge in [-0.2, -0.15) is 0 Å². The predicted octanol–water partition coefficient (Wildman–Crippen LogP) is 2.74. The molecule has 0 radical (unpaired) electrons. The molecule has 3 N–H and O–H groups in total. The van der Waals surface area contributed by atoms with Crippen LogP contribution in [-0.4, -0.2) is 45.3 Å². The van der Waals surface area contributed by atoms with E-state index < -0.39 is 29.3 Å². The zero-order valence-electron chi connectivity index (χ0n) is 14.0. The van der Waals surface area contributed by atoms with E-state index in [1.807, 2.05) is 25.1 Å². The molecule has 1 aromatic carbocycles. The number of hydrogen-bond donors (Lipinski definition) is 3.